The zero-order valence-electron chi connectivity index (χ0n) is 10.4. The summed E-state index contributed by atoms with van der Waals surface area (Å²) in [7, 11) is 0. The molecule has 0 aliphatic rings. The summed E-state index contributed by atoms with van der Waals surface area (Å²) in [6.07, 6.45) is 2.09. The van der Waals surface area contributed by atoms with Crippen molar-refractivity contribution in [3.63, 3.8) is 0 Å². The minimum atomic E-state index is 0.841. The minimum Gasteiger partial charge on any atom is -0.381 e. The fourth-order valence-corrected chi connectivity index (χ4v) is 2.26. The number of fused-ring (bicyclic) bond motifs is 1. The van der Waals surface area contributed by atoms with E-state index in [4.69, 9.17) is 0 Å². The molecule has 0 unspecified atom stereocenters. The van der Waals surface area contributed by atoms with Crippen LogP contribution in [0.15, 0.2) is 54.7 Å². The van der Waals surface area contributed by atoms with Crippen molar-refractivity contribution < 1.29 is 0 Å². The molecule has 0 aliphatic heterocycles. The number of hydrogen-bond donors (Lipinski definition) is 2. The number of rotatable bonds is 3. The average Bonchev–Trinajstić information content (AvgIpc) is 2.82. The summed E-state index contributed by atoms with van der Waals surface area (Å²) in [5.74, 6) is 0. The van der Waals surface area contributed by atoms with Gasteiger partial charge in [0.1, 0.15) is 0 Å². The van der Waals surface area contributed by atoms with Gasteiger partial charge < -0.3 is 10.3 Å². The van der Waals surface area contributed by atoms with E-state index in [1.807, 2.05) is 18.2 Å². The SMILES string of the molecule is Cc1cccc2c(CNc3ccccc3)c[nH]c12. The third-order valence-electron chi connectivity index (χ3n) is 3.27. The van der Waals surface area contributed by atoms with E-state index in [2.05, 4.69) is 53.8 Å². The second kappa shape index (κ2) is 4.57. The molecule has 2 nitrogen and oxygen atoms in total. The summed E-state index contributed by atoms with van der Waals surface area (Å²) in [5, 5.41) is 4.74. The number of anilines is 1. The summed E-state index contributed by atoms with van der Waals surface area (Å²) < 4.78 is 0. The van der Waals surface area contributed by atoms with E-state index in [0.29, 0.717) is 0 Å². The van der Waals surface area contributed by atoms with Gasteiger partial charge >= 0.3 is 0 Å². The molecule has 3 aromatic rings. The Kier molecular flexibility index (Phi) is 2.77. The van der Waals surface area contributed by atoms with Crippen molar-refractivity contribution in [1.29, 1.82) is 0 Å². The Bertz CT molecular complexity index is 653. The molecule has 2 aromatic carbocycles. The highest BCUT2D eigenvalue weighted by Crippen LogP contribution is 2.22. The first-order chi connectivity index (χ1) is 8.84. The van der Waals surface area contributed by atoms with Crippen molar-refractivity contribution in [3.05, 3.63) is 65.9 Å². The van der Waals surface area contributed by atoms with Crippen LogP contribution in [-0.4, -0.2) is 4.98 Å². The highest BCUT2D eigenvalue weighted by atomic mass is 14.9. The second-order valence-corrected chi connectivity index (χ2v) is 4.53. The van der Waals surface area contributed by atoms with Gasteiger partial charge in [-0.1, -0.05) is 36.4 Å². The summed E-state index contributed by atoms with van der Waals surface area (Å²) >= 11 is 0. The van der Waals surface area contributed by atoms with Gasteiger partial charge in [-0.2, -0.15) is 0 Å². The van der Waals surface area contributed by atoms with Gasteiger partial charge in [-0.15, -0.1) is 0 Å². The smallest absolute Gasteiger partial charge is 0.0487 e. The van der Waals surface area contributed by atoms with Crippen molar-refractivity contribution in [1.82, 2.24) is 4.98 Å². The lowest BCUT2D eigenvalue weighted by Gasteiger charge is -2.05. The molecule has 0 atom stereocenters. The standard InChI is InChI=1S/C16H16N2/c1-12-6-5-9-15-13(11-18-16(12)15)10-17-14-7-3-2-4-8-14/h2-9,11,17-18H,10H2,1H3. The molecule has 0 aliphatic carbocycles. The Labute approximate surface area is 107 Å². The Balaban J connectivity index is 1.85. The lowest BCUT2D eigenvalue weighted by molar-refractivity contribution is 1.16. The van der Waals surface area contributed by atoms with Crippen molar-refractivity contribution in [2.24, 2.45) is 0 Å². The second-order valence-electron chi connectivity index (χ2n) is 4.53. The van der Waals surface area contributed by atoms with Crippen LogP contribution in [0.4, 0.5) is 5.69 Å². The van der Waals surface area contributed by atoms with E-state index >= 15 is 0 Å². The van der Waals surface area contributed by atoms with Crippen LogP contribution in [-0.2, 0) is 6.54 Å². The molecule has 0 amide bonds. The molecule has 0 spiro atoms. The maximum atomic E-state index is 3.44. The highest BCUT2D eigenvalue weighted by Gasteiger charge is 2.04. The molecular weight excluding hydrogens is 220 g/mol. The van der Waals surface area contributed by atoms with Crippen molar-refractivity contribution >= 4 is 16.6 Å². The maximum Gasteiger partial charge on any atom is 0.0487 e. The van der Waals surface area contributed by atoms with E-state index < -0.39 is 0 Å². The molecule has 2 heteroatoms. The van der Waals surface area contributed by atoms with Crippen LogP contribution in [0.2, 0.25) is 0 Å². The number of para-hydroxylation sites is 2. The van der Waals surface area contributed by atoms with Crippen LogP contribution in [0.25, 0.3) is 10.9 Å². The first-order valence-corrected chi connectivity index (χ1v) is 6.19. The number of H-pyrrole nitrogens is 1. The van der Waals surface area contributed by atoms with Gasteiger partial charge in [-0.05, 0) is 30.2 Å². The van der Waals surface area contributed by atoms with Gasteiger partial charge in [-0.25, -0.2) is 0 Å². The summed E-state index contributed by atoms with van der Waals surface area (Å²) in [5.41, 5.74) is 4.98. The molecule has 0 bridgehead atoms. The van der Waals surface area contributed by atoms with E-state index in [1.165, 1.54) is 22.0 Å². The number of benzene rings is 2. The fraction of sp³-hybridized carbons (Fsp3) is 0.125. The van der Waals surface area contributed by atoms with Crippen LogP contribution in [0.3, 0.4) is 0 Å². The summed E-state index contributed by atoms with van der Waals surface area (Å²) in [4.78, 5) is 3.35. The predicted octanol–water partition coefficient (Wildman–Crippen LogP) is 4.09. The van der Waals surface area contributed by atoms with Gasteiger partial charge in [-0.3, -0.25) is 0 Å². The molecule has 0 radical (unpaired) electrons. The predicted molar refractivity (Wildman–Crippen MR) is 76.8 cm³/mol. The van der Waals surface area contributed by atoms with Crippen molar-refractivity contribution in [2.45, 2.75) is 13.5 Å². The Morgan fingerprint density at radius 1 is 1.00 bits per heavy atom. The molecule has 90 valence electrons. The van der Waals surface area contributed by atoms with Crippen LogP contribution in [0.5, 0.6) is 0 Å². The van der Waals surface area contributed by atoms with E-state index in [1.54, 1.807) is 0 Å². The number of aromatic amines is 1. The Hall–Kier alpha value is -2.22. The molecule has 0 fully saturated rings. The average molecular weight is 236 g/mol. The van der Waals surface area contributed by atoms with Gasteiger partial charge in [0, 0.05) is 29.3 Å². The monoisotopic (exact) mass is 236 g/mol. The molecule has 1 aromatic heterocycles. The Morgan fingerprint density at radius 3 is 2.67 bits per heavy atom. The van der Waals surface area contributed by atoms with Gasteiger partial charge in [0.25, 0.3) is 0 Å². The first kappa shape index (κ1) is 10.9. The minimum absolute atomic E-state index is 0.841. The number of aryl methyl sites for hydroxylation is 1. The Morgan fingerprint density at radius 2 is 1.83 bits per heavy atom. The van der Waals surface area contributed by atoms with Crippen LogP contribution in [0, 0.1) is 6.92 Å². The summed E-state index contributed by atoms with van der Waals surface area (Å²) in [6.45, 7) is 2.97. The van der Waals surface area contributed by atoms with Crippen LogP contribution in [0.1, 0.15) is 11.1 Å². The first-order valence-electron chi connectivity index (χ1n) is 6.19. The quantitative estimate of drug-likeness (QED) is 0.704. The number of hydrogen-bond acceptors (Lipinski definition) is 1. The van der Waals surface area contributed by atoms with Crippen molar-refractivity contribution in [3.8, 4) is 0 Å². The largest absolute Gasteiger partial charge is 0.381 e. The van der Waals surface area contributed by atoms with Gasteiger partial charge in [0.05, 0.1) is 0 Å². The maximum absolute atomic E-state index is 3.44. The molecule has 2 N–H and O–H groups in total. The number of nitrogens with one attached hydrogen (secondary N) is 2. The number of aromatic nitrogens is 1. The van der Waals surface area contributed by atoms with E-state index in [-0.39, 0.29) is 0 Å². The third kappa shape index (κ3) is 1.97. The lowest BCUT2D eigenvalue weighted by atomic mass is 10.1. The lowest BCUT2D eigenvalue weighted by Crippen LogP contribution is -1.97. The molecule has 1 heterocycles. The van der Waals surface area contributed by atoms with E-state index in [0.717, 1.165) is 12.2 Å². The molecule has 0 saturated heterocycles. The fourth-order valence-electron chi connectivity index (χ4n) is 2.26. The molecule has 3 rings (SSSR count). The zero-order valence-corrected chi connectivity index (χ0v) is 10.4. The topological polar surface area (TPSA) is 27.8 Å². The molecule has 18 heavy (non-hydrogen) atoms. The third-order valence-corrected chi connectivity index (χ3v) is 3.27. The zero-order chi connectivity index (χ0) is 12.4. The van der Waals surface area contributed by atoms with Crippen molar-refractivity contribution in [2.75, 3.05) is 5.32 Å². The molecule has 0 saturated carbocycles. The van der Waals surface area contributed by atoms with Gasteiger partial charge in [0.15, 0.2) is 0 Å². The van der Waals surface area contributed by atoms with Gasteiger partial charge in [0.2, 0.25) is 0 Å². The van der Waals surface area contributed by atoms with Crippen LogP contribution < -0.4 is 5.32 Å². The van der Waals surface area contributed by atoms with Crippen LogP contribution >= 0.6 is 0 Å². The molecular formula is C16H16N2. The summed E-state index contributed by atoms with van der Waals surface area (Å²) in [6, 6.07) is 16.7. The highest BCUT2D eigenvalue weighted by molar-refractivity contribution is 5.86. The van der Waals surface area contributed by atoms with E-state index in [9.17, 15) is 0 Å². The normalized spacial score (nSPS) is 10.7.